The van der Waals surface area contributed by atoms with Crippen molar-refractivity contribution in [3.8, 4) is 0 Å². The van der Waals surface area contributed by atoms with E-state index in [9.17, 15) is 0 Å². The second kappa shape index (κ2) is 2.47. The number of rotatable bonds is 0. The van der Waals surface area contributed by atoms with E-state index in [2.05, 4.69) is 20.8 Å². The first-order valence-electron chi connectivity index (χ1n) is 3.36. The van der Waals surface area contributed by atoms with Crippen LogP contribution in [0, 0.1) is 5.41 Å². The summed E-state index contributed by atoms with van der Waals surface area (Å²) in [6.45, 7) is 6.60. The molecule has 10 heavy (non-hydrogen) atoms. The summed E-state index contributed by atoms with van der Waals surface area (Å²) in [6.07, 6.45) is 2.02. The summed E-state index contributed by atoms with van der Waals surface area (Å²) in [5.41, 5.74) is 0.263. The number of thioether (sulfide) groups is 1. The topological polar surface area (TPSA) is 29.3 Å². The molecule has 58 valence electrons. The van der Waals surface area contributed by atoms with Crippen LogP contribution >= 0.6 is 11.8 Å². The largest absolute Gasteiger partial charge is 0.307 e. The number of hydrazine groups is 1. The van der Waals surface area contributed by atoms with E-state index in [4.69, 9.17) is 5.84 Å². The average molecular weight is 158 g/mol. The minimum atomic E-state index is 0.263. The molecule has 0 saturated heterocycles. The summed E-state index contributed by atoms with van der Waals surface area (Å²) in [4.78, 5) is 1.37. The van der Waals surface area contributed by atoms with E-state index in [1.807, 2.05) is 18.0 Å². The number of allylic oxidation sites excluding steroid dienone is 1. The maximum absolute atomic E-state index is 5.56. The van der Waals surface area contributed by atoms with Crippen molar-refractivity contribution in [2.24, 2.45) is 11.3 Å². The van der Waals surface area contributed by atoms with Crippen LogP contribution in [0.1, 0.15) is 20.8 Å². The molecule has 0 spiro atoms. The molecule has 0 aromatic rings. The van der Waals surface area contributed by atoms with E-state index < -0.39 is 0 Å². The molecule has 0 aromatic carbocycles. The Morgan fingerprint density at radius 3 is 2.40 bits per heavy atom. The molecule has 0 radical (unpaired) electrons. The summed E-state index contributed by atoms with van der Waals surface area (Å²) >= 11 is 1.82. The van der Waals surface area contributed by atoms with Gasteiger partial charge >= 0.3 is 0 Å². The van der Waals surface area contributed by atoms with Crippen molar-refractivity contribution < 1.29 is 0 Å². The molecule has 0 aromatic heterocycles. The highest BCUT2D eigenvalue weighted by atomic mass is 32.2. The Bertz CT molecular complexity index is 157. The summed E-state index contributed by atoms with van der Waals surface area (Å²) in [5.74, 6) is 6.45. The van der Waals surface area contributed by atoms with Crippen LogP contribution in [0.3, 0.4) is 0 Å². The lowest BCUT2D eigenvalue weighted by Crippen LogP contribution is -2.20. The molecule has 0 fully saturated rings. The van der Waals surface area contributed by atoms with Gasteiger partial charge in [-0.1, -0.05) is 20.8 Å². The third-order valence-electron chi connectivity index (χ3n) is 1.39. The fourth-order valence-electron chi connectivity index (χ4n) is 0.779. The van der Waals surface area contributed by atoms with Gasteiger partial charge in [-0.2, -0.15) is 0 Å². The van der Waals surface area contributed by atoms with Gasteiger partial charge < -0.3 is 5.01 Å². The quantitative estimate of drug-likeness (QED) is 0.545. The zero-order valence-electron chi connectivity index (χ0n) is 6.72. The molecule has 2 nitrogen and oxygen atoms in total. The number of nitrogens with zero attached hydrogens (tertiary/aromatic N) is 1. The smallest absolute Gasteiger partial charge is 0.0833 e. The minimum Gasteiger partial charge on any atom is -0.307 e. The first-order valence-corrected chi connectivity index (χ1v) is 4.35. The van der Waals surface area contributed by atoms with Crippen molar-refractivity contribution in [2.75, 3.05) is 5.88 Å². The van der Waals surface area contributed by atoms with Gasteiger partial charge in [0.1, 0.15) is 0 Å². The fourth-order valence-corrected chi connectivity index (χ4v) is 1.79. The van der Waals surface area contributed by atoms with Crippen LogP contribution in [-0.4, -0.2) is 10.9 Å². The van der Waals surface area contributed by atoms with Crippen molar-refractivity contribution in [1.82, 2.24) is 5.01 Å². The van der Waals surface area contributed by atoms with Crippen molar-refractivity contribution in [1.29, 1.82) is 0 Å². The Balaban J connectivity index is 2.67. The molecule has 2 N–H and O–H groups in total. The normalized spacial score (nSPS) is 19.6. The van der Waals surface area contributed by atoms with Gasteiger partial charge in [0.05, 0.1) is 5.88 Å². The highest BCUT2D eigenvalue weighted by molar-refractivity contribution is 8.03. The van der Waals surface area contributed by atoms with Gasteiger partial charge in [0.25, 0.3) is 0 Å². The van der Waals surface area contributed by atoms with Crippen LogP contribution in [0.5, 0.6) is 0 Å². The lowest BCUT2D eigenvalue weighted by Gasteiger charge is -2.17. The van der Waals surface area contributed by atoms with E-state index in [-0.39, 0.29) is 5.41 Å². The van der Waals surface area contributed by atoms with Crippen molar-refractivity contribution in [3.05, 3.63) is 11.1 Å². The first-order chi connectivity index (χ1) is 4.50. The highest BCUT2D eigenvalue weighted by Gasteiger charge is 2.22. The molecule has 0 bridgehead atoms. The second-order valence-corrected chi connectivity index (χ2v) is 4.52. The molecule has 1 heterocycles. The van der Waals surface area contributed by atoms with Gasteiger partial charge in [-0.25, -0.2) is 5.84 Å². The van der Waals surface area contributed by atoms with E-state index in [1.54, 1.807) is 5.01 Å². The van der Waals surface area contributed by atoms with Crippen molar-refractivity contribution in [3.63, 3.8) is 0 Å². The maximum Gasteiger partial charge on any atom is 0.0833 e. The van der Waals surface area contributed by atoms with E-state index in [1.165, 1.54) is 4.91 Å². The predicted octanol–water partition coefficient (Wildman–Crippen LogP) is 1.75. The zero-order valence-corrected chi connectivity index (χ0v) is 7.53. The van der Waals surface area contributed by atoms with Crippen LogP contribution in [0.15, 0.2) is 11.1 Å². The molecule has 3 heteroatoms. The predicted molar refractivity (Wildman–Crippen MR) is 46.0 cm³/mol. The van der Waals surface area contributed by atoms with Crippen LogP contribution in [0.4, 0.5) is 0 Å². The summed E-state index contributed by atoms with van der Waals surface area (Å²) in [5, 5.41) is 1.73. The van der Waals surface area contributed by atoms with Gasteiger partial charge in [-0.15, -0.1) is 11.8 Å². The Labute approximate surface area is 66.4 Å². The van der Waals surface area contributed by atoms with Crippen LogP contribution in [0.2, 0.25) is 0 Å². The Hall–Kier alpha value is -0.150. The molecule has 1 rings (SSSR count). The summed E-state index contributed by atoms with van der Waals surface area (Å²) < 4.78 is 0. The van der Waals surface area contributed by atoms with Crippen LogP contribution in [-0.2, 0) is 0 Å². The fraction of sp³-hybridized carbons (Fsp3) is 0.714. The highest BCUT2D eigenvalue weighted by Crippen LogP contribution is 2.37. The van der Waals surface area contributed by atoms with E-state index in [0.29, 0.717) is 0 Å². The number of hydrogen-bond donors (Lipinski definition) is 1. The van der Waals surface area contributed by atoms with Gasteiger partial charge in [0.15, 0.2) is 0 Å². The Morgan fingerprint density at radius 2 is 2.20 bits per heavy atom. The lowest BCUT2D eigenvalue weighted by atomic mass is 9.97. The van der Waals surface area contributed by atoms with Gasteiger partial charge in [0, 0.05) is 11.1 Å². The molecule has 0 aliphatic carbocycles. The number of nitrogens with two attached hydrogens (primary N) is 1. The molecular formula is C7H14N2S. The van der Waals surface area contributed by atoms with Crippen molar-refractivity contribution in [2.45, 2.75) is 20.8 Å². The molecule has 1 aliphatic rings. The average Bonchev–Trinajstić information content (AvgIpc) is 2.11. The Kier molecular flexibility index (Phi) is 1.97. The van der Waals surface area contributed by atoms with Gasteiger partial charge in [-0.3, -0.25) is 0 Å². The standard InChI is InChI=1S/C7H14N2S/c1-7(2,3)6-4-9(8)5-10-6/h4H,5,8H2,1-3H3. The summed E-state index contributed by atoms with van der Waals surface area (Å²) in [6, 6.07) is 0. The van der Waals surface area contributed by atoms with E-state index in [0.717, 1.165) is 5.88 Å². The third-order valence-corrected chi connectivity index (χ3v) is 2.85. The van der Waals surface area contributed by atoms with Gasteiger partial charge in [0.2, 0.25) is 0 Å². The van der Waals surface area contributed by atoms with Crippen molar-refractivity contribution >= 4 is 11.8 Å². The van der Waals surface area contributed by atoms with Crippen LogP contribution < -0.4 is 5.84 Å². The third kappa shape index (κ3) is 1.67. The lowest BCUT2D eigenvalue weighted by molar-refractivity contribution is 0.459. The SMILES string of the molecule is CC(C)(C)C1=CN(N)CS1. The molecule has 0 amide bonds. The maximum atomic E-state index is 5.56. The first kappa shape index (κ1) is 7.95. The monoisotopic (exact) mass is 158 g/mol. The van der Waals surface area contributed by atoms with Crippen LogP contribution in [0.25, 0.3) is 0 Å². The Morgan fingerprint density at radius 1 is 1.60 bits per heavy atom. The number of hydrogen-bond acceptors (Lipinski definition) is 3. The van der Waals surface area contributed by atoms with Gasteiger partial charge in [-0.05, 0) is 5.41 Å². The summed E-state index contributed by atoms with van der Waals surface area (Å²) in [7, 11) is 0. The molecule has 0 atom stereocenters. The molecular weight excluding hydrogens is 144 g/mol. The zero-order chi connectivity index (χ0) is 7.78. The second-order valence-electron chi connectivity index (χ2n) is 3.53. The molecule has 0 saturated carbocycles. The molecule has 1 aliphatic heterocycles. The molecule has 0 unspecified atom stereocenters. The van der Waals surface area contributed by atoms with E-state index >= 15 is 0 Å². The minimum absolute atomic E-state index is 0.263.